The first-order valence-corrected chi connectivity index (χ1v) is 12.4. The number of aryl methyl sites for hydroxylation is 1. The highest BCUT2D eigenvalue weighted by atomic mass is 32.2. The standard InChI is InChI=1S/C24H29BN2O5S/c1-7-8-14-26-16-20(25-31-23(3,4)24(5,6)32-25)19-13-15-27(21(19)22(26)28)33(29,30)18-11-9-17(2)10-12-18/h7-13,15-16H,14H2,1-6H3/b8-7+. The smallest absolute Gasteiger partial charge is 0.399 e. The van der Waals surface area contributed by atoms with Crippen LogP contribution in [0.2, 0.25) is 0 Å². The van der Waals surface area contributed by atoms with Gasteiger partial charge in [-0.1, -0.05) is 29.8 Å². The van der Waals surface area contributed by atoms with Crippen LogP contribution in [0.5, 0.6) is 0 Å². The molecule has 0 amide bonds. The number of nitrogens with zero attached hydrogens (tertiary/aromatic N) is 2. The van der Waals surface area contributed by atoms with E-state index in [1.165, 1.54) is 10.8 Å². The summed E-state index contributed by atoms with van der Waals surface area (Å²) in [5, 5.41) is 0.492. The van der Waals surface area contributed by atoms with Crippen LogP contribution < -0.4 is 11.0 Å². The quantitative estimate of drug-likeness (QED) is 0.425. The van der Waals surface area contributed by atoms with E-state index in [0.717, 1.165) is 9.54 Å². The van der Waals surface area contributed by atoms with Crippen LogP contribution >= 0.6 is 0 Å². The molecular weight excluding hydrogens is 439 g/mol. The molecule has 1 saturated heterocycles. The van der Waals surface area contributed by atoms with Crippen molar-refractivity contribution >= 4 is 33.5 Å². The Morgan fingerprint density at radius 3 is 2.21 bits per heavy atom. The molecule has 2 aromatic heterocycles. The summed E-state index contributed by atoms with van der Waals surface area (Å²) in [5.74, 6) is 0. The van der Waals surface area contributed by atoms with Gasteiger partial charge in [0.1, 0.15) is 5.52 Å². The van der Waals surface area contributed by atoms with Crippen molar-refractivity contribution < 1.29 is 17.7 Å². The average Bonchev–Trinajstić information content (AvgIpc) is 3.27. The van der Waals surface area contributed by atoms with E-state index in [-0.39, 0.29) is 10.4 Å². The van der Waals surface area contributed by atoms with E-state index >= 15 is 0 Å². The molecule has 0 saturated carbocycles. The number of hydrogen-bond donors (Lipinski definition) is 0. The number of benzene rings is 1. The van der Waals surface area contributed by atoms with Crippen molar-refractivity contribution in [1.82, 2.24) is 8.54 Å². The van der Waals surface area contributed by atoms with Crippen molar-refractivity contribution in [1.29, 1.82) is 0 Å². The lowest BCUT2D eigenvalue weighted by Gasteiger charge is -2.32. The summed E-state index contributed by atoms with van der Waals surface area (Å²) in [7, 11) is -4.72. The Morgan fingerprint density at radius 1 is 1.03 bits per heavy atom. The van der Waals surface area contributed by atoms with Gasteiger partial charge in [0.2, 0.25) is 0 Å². The van der Waals surface area contributed by atoms with Crippen molar-refractivity contribution in [2.45, 2.75) is 64.2 Å². The number of fused-ring (bicyclic) bond motifs is 1. The molecule has 0 aliphatic carbocycles. The lowest BCUT2D eigenvalue weighted by Crippen LogP contribution is -2.41. The molecule has 0 N–H and O–H groups in total. The summed E-state index contributed by atoms with van der Waals surface area (Å²) in [6.07, 6.45) is 6.81. The molecule has 0 atom stereocenters. The minimum absolute atomic E-state index is 0.0762. The highest BCUT2D eigenvalue weighted by Gasteiger charge is 2.52. The second kappa shape index (κ2) is 8.00. The number of rotatable bonds is 5. The van der Waals surface area contributed by atoms with Crippen molar-refractivity contribution in [3.05, 3.63) is 70.8 Å². The highest BCUT2D eigenvalue weighted by molar-refractivity contribution is 7.90. The molecule has 1 fully saturated rings. The molecule has 0 bridgehead atoms. The third-order valence-corrected chi connectivity index (χ3v) is 8.23. The van der Waals surface area contributed by atoms with Gasteiger partial charge in [-0.05, 0) is 59.7 Å². The van der Waals surface area contributed by atoms with Crippen LogP contribution in [0.1, 0.15) is 40.2 Å². The molecular formula is C24H29BN2O5S. The molecule has 3 aromatic rings. The second-order valence-electron chi connectivity index (χ2n) is 9.39. The van der Waals surface area contributed by atoms with Crippen molar-refractivity contribution in [3.63, 3.8) is 0 Å². The normalized spacial score (nSPS) is 17.9. The monoisotopic (exact) mass is 468 g/mol. The lowest BCUT2D eigenvalue weighted by atomic mass is 9.78. The fraction of sp³-hybridized carbons (Fsp3) is 0.375. The number of aromatic nitrogens is 2. The van der Waals surface area contributed by atoms with Gasteiger partial charge in [0.15, 0.2) is 0 Å². The summed E-state index contributed by atoms with van der Waals surface area (Å²) in [6, 6.07) is 8.21. The van der Waals surface area contributed by atoms with E-state index in [4.69, 9.17) is 9.31 Å². The first-order valence-electron chi connectivity index (χ1n) is 10.9. The van der Waals surface area contributed by atoms with E-state index in [9.17, 15) is 13.2 Å². The van der Waals surface area contributed by atoms with Gasteiger partial charge in [-0.3, -0.25) is 4.79 Å². The zero-order valence-corrected chi connectivity index (χ0v) is 20.6. The maximum atomic E-state index is 13.5. The summed E-state index contributed by atoms with van der Waals surface area (Å²) in [6.45, 7) is 11.9. The maximum absolute atomic E-state index is 13.5. The van der Waals surface area contributed by atoms with Crippen LogP contribution in [0.15, 0.2) is 64.6 Å². The Hall–Kier alpha value is -2.62. The van der Waals surface area contributed by atoms with E-state index in [1.807, 2.05) is 53.7 Å². The highest BCUT2D eigenvalue weighted by Crippen LogP contribution is 2.37. The SMILES string of the molecule is C/C=C/Cn1cc(B2OC(C)(C)C(C)(C)O2)c2ccn(S(=O)(=O)c3ccc(C)cc3)c2c1=O. The fourth-order valence-corrected chi connectivity index (χ4v) is 5.17. The Labute approximate surface area is 194 Å². The Bertz CT molecular complexity index is 1380. The zero-order chi connectivity index (χ0) is 24.2. The third-order valence-electron chi connectivity index (χ3n) is 6.54. The predicted octanol–water partition coefficient (Wildman–Crippen LogP) is 3.22. The van der Waals surface area contributed by atoms with Gasteiger partial charge in [-0.2, -0.15) is 0 Å². The number of allylic oxidation sites excluding steroid dienone is 2. The van der Waals surface area contributed by atoms with E-state index < -0.39 is 33.9 Å². The van der Waals surface area contributed by atoms with Crippen molar-refractivity contribution in [3.8, 4) is 0 Å². The van der Waals surface area contributed by atoms with Crippen LogP contribution in [-0.4, -0.2) is 35.3 Å². The van der Waals surface area contributed by atoms with Crippen LogP contribution in [-0.2, 0) is 25.9 Å². The molecule has 0 spiro atoms. The van der Waals surface area contributed by atoms with Gasteiger partial charge in [0.25, 0.3) is 15.6 Å². The molecule has 1 aliphatic rings. The van der Waals surface area contributed by atoms with Crippen molar-refractivity contribution in [2.75, 3.05) is 0 Å². The van der Waals surface area contributed by atoms with E-state index in [1.54, 1.807) is 36.5 Å². The van der Waals surface area contributed by atoms with E-state index in [0.29, 0.717) is 17.4 Å². The van der Waals surface area contributed by atoms with Gasteiger partial charge in [0, 0.05) is 29.8 Å². The molecule has 9 heteroatoms. The van der Waals surface area contributed by atoms with Gasteiger partial charge in [0.05, 0.1) is 16.1 Å². The number of pyridine rings is 1. The minimum Gasteiger partial charge on any atom is -0.399 e. The lowest BCUT2D eigenvalue weighted by molar-refractivity contribution is 0.00578. The third kappa shape index (κ3) is 3.88. The Morgan fingerprint density at radius 2 is 1.64 bits per heavy atom. The van der Waals surface area contributed by atoms with Gasteiger partial charge in [-0.15, -0.1) is 0 Å². The molecule has 4 rings (SSSR count). The van der Waals surface area contributed by atoms with Crippen LogP contribution in [0.25, 0.3) is 10.9 Å². The fourth-order valence-electron chi connectivity index (χ4n) is 3.83. The Balaban J connectivity index is 1.96. The van der Waals surface area contributed by atoms with Gasteiger partial charge >= 0.3 is 7.12 Å². The van der Waals surface area contributed by atoms with Crippen molar-refractivity contribution in [2.24, 2.45) is 0 Å². The summed E-state index contributed by atoms with van der Waals surface area (Å²) in [5.41, 5.74) is 0.0837. The largest absolute Gasteiger partial charge is 0.497 e. The number of hydrogen-bond acceptors (Lipinski definition) is 5. The molecule has 0 unspecified atom stereocenters. The Kier molecular flexibility index (Phi) is 5.71. The molecule has 7 nitrogen and oxygen atoms in total. The summed E-state index contributed by atoms with van der Waals surface area (Å²) < 4.78 is 42.0. The molecule has 174 valence electrons. The summed E-state index contributed by atoms with van der Waals surface area (Å²) >= 11 is 0. The van der Waals surface area contributed by atoms with Gasteiger partial charge < -0.3 is 13.9 Å². The first kappa shape index (κ1) is 23.5. The van der Waals surface area contributed by atoms with Crippen LogP contribution in [0, 0.1) is 6.92 Å². The molecule has 33 heavy (non-hydrogen) atoms. The maximum Gasteiger partial charge on any atom is 0.497 e. The summed E-state index contributed by atoms with van der Waals surface area (Å²) in [4.78, 5) is 13.5. The van der Waals surface area contributed by atoms with E-state index in [2.05, 4.69) is 0 Å². The zero-order valence-electron chi connectivity index (χ0n) is 19.8. The molecule has 1 aliphatic heterocycles. The molecule has 0 radical (unpaired) electrons. The average molecular weight is 468 g/mol. The second-order valence-corrected chi connectivity index (χ2v) is 11.2. The first-order chi connectivity index (χ1) is 15.4. The molecule has 1 aromatic carbocycles. The van der Waals surface area contributed by atoms with Gasteiger partial charge in [-0.25, -0.2) is 12.4 Å². The minimum atomic E-state index is -3.98. The van der Waals surface area contributed by atoms with Crippen LogP contribution in [0.3, 0.4) is 0 Å². The molecule has 3 heterocycles. The topological polar surface area (TPSA) is 79.5 Å². The van der Waals surface area contributed by atoms with Crippen LogP contribution in [0.4, 0.5) is 0 Å². The predicted molar refractivity (Wildman–Crippen MR) is 130 cm³/mol.